The van der Waals surface area contributed by atoms with Crippen LogP contribution in [0.1, 0.15) is 22.3 Å². The zero-order valence-corrected chi connectivity index (χ0v) is 19.6. The summed E-state index contributed by atoms with van der Waals surface area (Å²) in [5, 5.41) is 3.37. The Labute approximate surface area is 205 Å². The van der Waals surface area contributed by atoms with Crippen LogP contribution in [-0.2, 0) is 5.41 Å². The predicted octanol–water partition coefficient (Wildman–Crippen LogP) is 9.18. The van der Waals surface area contributed by atoms with Crippen LogP contribution < -0.4 is 4.74 Å². The van der Waals surface area contributed by atoms with E-state index in [0.29, 0.717) is 0 Å². The predicted molar refractivity (Wildman–Crippen MR) is 142 cm³/mol. The summed E-state index contributed by atoms with van der Waals surface area (Å²) in [5.74, 6) is 1.82. The lowest BCUT2D eigenvalue weighted by molar-refractivity contribution is 0.436. The first-order chi connectivity index (χ1) is 16.8. The minimum absolute atomic E-state index is 0.453. The highest BCUT2D eigenvalue weighted by molar-refractivity contribution is 7.26. The summed E-state index contributed by atoms with van der Waals surface area (Å²) in [5.41, 5.74) is 6.97. The van der Waals surface area contributed by atoms with Crippen molar-refractivity contribution in [1.29, 1.82) is 0 Å². The zero-order chi connectivity index (χ0) is 22.4. The van der Waals surface area contributed by atoms with E-state index in [-0.39, 0.29) is 0 Å². The Morgan fingerprint density at radius 1 is 0.618 bits per heavy atom. The number of hydrogen-bond donors (Lipinski definition) is 0. The van der Waals surface area contributed by atoms with E-state index >= 15 is 0 Å². The van der Waals surface area contributed by atoms with Gasteiger partial charge >= 0.3 is 0 Å². The number of thiophene rings is 1. The lowest BCUT2D eigenvalue weighted by Crippen LogP contribution is -2.32. The van der Waals surface area contributed by atoms with Gasteiger partial charge in [-0.2, -0.15) is 0 Å². The van der Waals surface area contributed by atoms with Crippen LogP contribution in [-0.4, -0.2) is 0 Å². The first-order valence-corrected chi connectivity index (χ1v) is 12.6. The molecule has 1 aliphatic carbocycles. The third kappa shape index (κ3) is 2.16. The molecule has 0 fully saturated rings. The summed E-state index contributed by atoms with van der Waals surface area (Å²) in [6.45, 7) is 0. The minimum atomic E-state index is -0.453. The Hall–Kier alpha value is -3.59. The molecule has 1 nitrogen and oxygen atoms in total. The molecule has 0 amide bonds. The van der Waals surface area contributed by atoms with Gasteiger partial charge < -0.3 is 4.74 Å². The van der Waals surface area contributed by atoms with Crippen LogP contribution in [0.2, 0.25) is 5.02 Å². The van der Waals surface area contributed by atoms with Gasteiger partial charge in [-0.25, -0.2) is 0 Å². The molecule has 2 heterocycles. The van der Waals surface area contributed by atoms with E-state index in [2.05, 4.69) is 84.9 Å². The van der Waals surface area contributed by atoms with Crippen LogP contribution in [0.3, 0.4) is 0 Å². The van der Waals surface area contributed by atoms with Crippen LogP contribution in [0.15, 0.2) is 103 Å². The second kappa shape index (κ2) is 6.50. The number of ether oxygens (including phenoxy) is 1. The lowest BCUT2D eigenvalue weighted by atomic mass is 9.66. The lowest BCUT2D eigenvalue weighted by Gasteiger charge is -2.39. The fourth-order valence-corrected chi connectivity index (χ4v) is 7.58. The fraction of sp³-hybridized carbons (Fsp3) is 0.0323. The highest BCUT2D eigenvalue weighted by Crippen LogP contribution is 2.64. The van der Waals surface area contributed by atoms with Crippen molar-refractivity contribution in [2.45, 2.75) is 5.41 Å². The van der Waals surface area contributed by atoms with Crippen LogP contribution >= 0.6 is 22.9 Å². The molecule has 6 aromatic rings. The van der Waals surface area contributed by atoms with Gasteiger partial charge in [-0.3, -0.25) is 0 Å². The van der Waals surface area contributed by atoms with Gasteiger partial charge in [-0.15, -0.1) is 11.3 Å². The van der Waals surface area contributed by atoms with Crippen molar-refractivity contribution in [1.82, 2.24) is 0 Å². The average molecular weight is 473 g/mol. The molecule has 1 aliphatic heterocycles. The maximum atomic E-state index is 6.63. The fourth-order valence-electron chi connectivity index (χ4n) is 6.14. The van der Waals surface area contributed by atoms with Gasteiger partial charge in [0.15, 0.2) is 0 Å². The number of rotatable bonds is 0. The maximum Gasteiger partial charge on any atom is 0.132 e. The number of para-hydroxylation sites is 2. The van der Waals surface area contributed by atoms with Crippen molar-refractivity contribution in [3.63, 3.8) is 0 Å². The highest BCUT2D eigenvalue weighted by atomic mass is 35.5. The second-order valence-electron chi connectivity index (χ2n) is 9.00. The number of halogens is 1. The van der Waals surface area contributed by atoms with E-state index in [4.69, 9.17) is 16.3 Å². The number of hydrogen-bond acceptors (Lipinski definition) is 2. The van der Waals surface area contributed by atoms with E-state index in [1.807, 2.05) is 29.5 Å². The number of benzene rings is 5. The minimum Gasteiger partial charge on any atom is -0.457 e. The van der Waals surface area contributed by atoms with Crippen molar-refractivity contribution < 1.29 is 4.74 Å². The molecule has 0 saturated heterocycles. The van der Waals surface area contributed by atoms with Crippen LogP contribution in [0.4, 0.5) is 0 Å². The molecule has 34 heavy (non-hydrogen) atoms. The Morgan fingerprint density at radius 3 is 2.09 bits per heavy atom. The molecule has 1 aromatic heterocycles. The van der Waals surface area contributed by atoms with Gasteiger partial charge in [0.2, 0.25) is 0 Å². The SMILES string of the molecule is Clc1ccc2c(c1)-c1c(ccc3c1sc1ccccc13)C21c2ccccc2Oc2ccccc21. The summed E-state index contributed by atoms with van der Waals surface area (Å²) < 4.78 is 9.06. The molecular formula is C31H17ClOS. The molecule has 0 atom stereocenters. The first kappa shape index (κ1) is 18.8. The molecule has 3 heteroatoms. The van der Waals surface area contributed by atoms with Crippen LogP contribution in [0.5, 0.6) is 11.5 Å². The Balaban J connectivity index is 1.62. The van der Waals surface area contributed by atoms with Crippen LogP contribution in [0.25, 0.3) is 31.3 Å². The summed E-state index contributed by atoms with van der Waals surface area (Å²) in [6.07, 6.45) is 0. The summed E-state index contributed by atoms with van der Waals surface area (Å²) in [6, 6.07) is 36.6. The molecule has 160 valence electrons. The molecule has 0 bridgehead atoms. The van der Waals surface area contributed by atoms with Gasteiger partial charge in [0.1, 0.15) is 11.5 Å². The first-order valence-electron chi connectivity index (χ1n) is 11.4. The standard InChI is InChI=1S/C31H17ClOS/c32-18-13-15-22-21(17-18)29-25(16-14-20-19-7-1-6-12-28(19)34-30(20)29)31(22)23-8-2-4-10-26(23)33-27-11-5-3-9-24(27)31/h1-17H. The van der Waals surface area contributed by atoms with E-state index < -0.39 is 5.41 Å². The Morgan fingerprint density at radius 2 is 1.29 bits per heavy atom. The van der Waals surface area contributed by atoms with Gasteiger partial charge in [-0.1, -0.05) is 84.4 Å². The van der Waals surface area contributed by atoms with Gasteiger partial charge in [-0.05, 0) is 47.0 Å². The molecule has 0 radical (unpaired) electrons. The third-order valence-electron chi connectivity index (χ3n) is 7.41. The van der Waals surface area contributed by atoms with E-state index in [9.17, 15) is 0 Å². The Kier molecular flexibility index (Phi) is 3.60. The molecule has 0 N–H and O–H groups in total. The van der Waals surface area contributed by atoms with E-state index in [0.717, 1.165) is 16.5 Å². The monoisotopic (exact) mass is 472 g/mol. The molecule has 2 aliphatic rings. The van der Waals surface area contributed by atoms with Crippen molar-refractivity contribution >= 4 is 43.1 Å². The van der Waals surface area contributed by atoms with Gasteiger partial charge in [0.25, 0.3) is 0 Å². The topological polar surface area (TPSA) is 9.23 Å². The number of fused-ring (bicyclic) bond motifs is 13. The largest absolute Gasteiger partial charge is 0.457 e. The van der Waals surface area contributed by atoms with Crippen molar-refractivity contribution in [3.8, 4) is 22.6 Å². The molecule has 0 unspecified atom stereocenters. The average Bonchev–Trinajstić information content (AvgIpc) is 3.38. The highest BCUT2D eigenvalue weighted by Gasteiger charge is 2.51. The summed E-state index contributed by atoms with van der Waals surface area (Å²) in [4.78, 5) is 0. The summed E-state index contributed by atoms with van der Waals surface area (Å²) >= 11 is 8.50. The second-order valence-corrected chi connectivity index (χ2v) is 10.5. The maximum absolute atomic E-state index is 6.63. The molecule has 1 spiro atoms. The van der Waals surface area contributed by atoms with E-state index in [1.165, 1.54) is 53.6 Å². The smallest absolute Gasteiger partial charge is 0.132 e. The van der Waals surface area contributed by atoms with E-state index in [1.54, 1.807) is 0 Å². The van der Waals surface area contributed by atoms with Crippen molar-refractivity contribution in [2.75, 3.05) is 0 Å². The van der Waals surface area contributed by atoms with Crippen molar-refractivity contribution in [3.05, 3.63) is 130 Å². The molecule has 0 saturated carbocycles. The van der Waals surface area contributed by atoms with Crippen LogP contribution in [0, 0.1) is 0 Å². The van der Waals surface area contributed by atoms with Gasteiger partial charge in [0.05, 0.1) is 5.41 Å². The molecule has 5 aromatic carbocycles. The van der Waals surface area contributed by atoms with Gasteiger partial charge in [0, 0.05) is 41.9 Å². The Bertz CT molecular complexity index is 1770. The zero-order valence-electron chi connectivity index (χ0n) is 18.0. The third-order valence-corrected chi connectivity index (χ3v) is 8.85. The van der Waals surface area contributed by atoms with Crippen molar-refractivity contribution in [2.24, 2.45) is 0 Å². The quantitative estimate of drug-likeness (QED) is 0.214. The normalized spacial score (nSPS) is 14.5. The molecule has 8 rings (SSSR count). The summed E-state index contributed by atoms with van der Waals surface area (Å²) in [7, 11) is 0. The molecular weight excluding hydrogens is 456 g/mol.